The summed E-state index contributed by atoms with van der Waals surface area (Å²) >= 11 is 0. The van der Waals surface area contributed by atoms with E-state index >= 15 is 0 Å². The number of amides is 2. The second-order valence-corrected chi connectivity index (χ2v) is 6.85. The van der Waals surface area contributed by atoms with Crippen molar-refractivity contribution in [2.45, 2.75) is 45.7 Å². The van der Waals surface area contributed by atoms with E-state index < -0.39 is 6.04 Å². The van der Waals surface area contributed by atoms with Gasteiger partial charge in [0.15, 0.2) is 0 Å². The van der Waals surface area contributed by atoms with Crippen LogP contribution in [0.25, 0.3) is 0 Å². The number of hydrogen-bond donors (Lipinski definition) is 3. The van der Waals surface area contributed by atoms with Crippen LogP contribution in [0.5, 0.6) is 0 Å². The van der Waals surface area contributed by atoms with Crippen molar-refractivity contribution in [3.63, 3.8) is 0 Å². The van der Waals surface area contributed by atoms with Gasteiger partial charge in [-0.05, 0) is 51.8 Å². The molecule has 1 aliphatic rings. The minimum absolute atomic E-state index is 0.0742. The smallest absolute Gasteiger partial charge is 0.251 e. The standard InChI is InChI=1S/C19H25N5O2/c1-11-17(13(3)24(4)23-11)22-18(25)12(2)20-16-7-5-6-14(10-16)19(26)21-15-8-9-15/h5-7,10,12,15,20H,8-9H2,1-4H3,(H,21,26)(H,22,25)/t12-/m0/s1. The molecule has 2 amide bonds. The number of nitrogens with one attached hydrogen (secondary N) is 3. The number of hydrogen-bond acceptors (Lipinski definition) is 4. The predicted octanol–water partition coefficient (Wildman–Crippen LogP) is 2.37. The quantitative estimate of drug-likeness (QED) is 0.742. The van der Waals surface area contributed by atoms with Crippen LogP contribution in [0.4, 0.5) is 11.4 Å². The summed E-state index contributed by atoms with van der Waals surface area (Å²) in [7, 11) is 1.85. The zero-order valence-electron chi connectivity index (χ0n) is 15.6. The van der Waals surface area contributed by atoms with Crippen molar-refractivity contribution >= 4 is 23.2 Å². The highest BCUT2D eigenvalue weighted by atomic mass is 16.2. The molecule has 1 fully saturated rings. The van der Waals surface area contributed by atoms with Crippen LogP contribution in [0.3, 0.4) is 0 Å². The molecule has 7 heteroatoms. The lowest BCUT2D eigenvalue weighted by atomic mass is 10.1. The molecular weight excluding hydrogens is 330 g/mol. The van der Waals surface area contributed by atoms with Crippen molar-refractivity contribution in [3.8, 4) is 0 Å². The zero-order chi connectivity index (χ0) is 18.8. The first-order chi connectivity index (χ1) is 12.3. The summed E-state index contributed by atoms with van der Waals surface area (Å²) in [5.74, 6) is -0.230. The molecule has 0 radical (unpaired) electrons. The van der Waals surface area contributed by atoms with Gasteiger partial charge in [-0.1, -0.05) is 6.07 Å². The highest BCUT2D eigenvalue weighted by Crippen LogP contribution is 2.21. The van der Waals surface area contributed by atoms with Crippen LogP contribution in [0.1, 0.15) is 41.5 Å². The summed E-state index contributed by atoms with van der Waals surface area (Å²) in [5.41, 5.74) is 3.75. The van der Waals surface area contributed by atoms with E-state index in [9.17, 15) is 9.59 Å². The molecule has 1 saturated carbocycles. The van der Waals surface area contributed by atoms with Gasteiger partial charge in [0, 0.05) is 24.3 Å². The summed E-state index contributed by atoms with van der Waals surface area (Å²) in [6.45, 7) is 5.56. The second-order valence-electron chi connectivity index (χ2n) is 6.85. The van der Waals surface area contributed by atoms with Crippen LogP contribution >= 0.6 is 0 Å². The lowest BCUT2D eigenvalue weighted by Crippen LogP contribution is -2.32. The summed E-state index contributed by atoms with van der Waals surface area (Å²) in [4.78, 5) is 24.7. The third-order valence-electron chi connectivity index (χ3n) is 4.57. The van der Waals surface area contributed by atoms with E-state index in [4.69, 9.17) is 0 Å². The number of aromatic nitrogens is 2. The SMILES string of the molecule is Cc1nn(C)c(C)c1NC(=O)[C@H](C)Nc1cccc(C(=O)NC2CC2)c1. The van der Waals surface area contributed by atoms with Crippen LogP contribution in [0.15, 0.2) is 24.3 Å². The van der Waals surface area contributed by atoms with E-state index in [0.29, 0.717) is 11.6 Å². The van der Waals surface area contributed by atoms with Crippen molar-refractivity contribution in [2.24, 2.45) is 7.05 Å². The van der Waals surface area contributed by atoms with Crippen LogP contribution < -0.4 is 16.0 Å². The maximum atomic E-state index is 12.5. The fourth-order valence-corrected chi connectivity index (χ4v) is 2.75. The van der Waals surface area contributed by atoms with Crippen molar-refractivity contribution in [1.82, 2.24) is 15.1 Å². The van der Waals surface area contributed by atoms with Crippen molar-refractivity contribution in [1.29, 1.82) is 0 Å². The van der Waals surface area contributed by atoms with Crippen molar-refractivity contribution in [2.75, 3.05) is 10.6 Å². The van der Waals surface area contributed by atoms with Crippen LogP contribution in [0.2, 0.25) is 0 Å². The van der Waals surface area contributed by atoms with Gasteiger partial charge in [0.2, 0.25) is 5.91 Å². The highest BCUT2D eigenvalue weighted by molar-refractivity contribution is 5.98. The Morgan fingerprint density at radius 1 is 1.27 bits per heavy atom. The first kappa shape index (κ1) is 18.0. The Kier molecular flexibility index (Phi) is 4.97. The number of rotatable bonds is 6. The van der Waals surface area contributed by atoms with Crippen LogP contribution in [0, 0.1) is 13.8 Å². The van der Waals surface area contributed by atoms with Gasteiger partial charge >= 0.3 is 0 Å². The Hall–Kier alpha value is -2.83. The van der Waals surface area contributed by atoms with E-state index in [2.05, 4.69) is 21.0 Å². The Morgan fingerprint density at radius 3 is 2.62 bits per heavy atom. The van der Waals surface area contributed by atoms with Crippen LogP contribution in [-0.4, -0.2) is 33.7 Å². The molecule has 0 saturated heterocycles. The molecule has 1 aliphatic carbocycles. The number of benzene rings is 1. The fraction of sp³-hybridized carbons (Fsp3) is 0.421. The third-order valence-corrected chi connectivity index (χ3v) is 4.57. The second kappa shape index (κ2) is 7.19. The molecule has 0 unspecified atom stereocenters. The third kappa shape index (κ3) is 4.04. The molecule has 0 bridgehead atoms. The van der Waals surface area contributed by atoms with Gasteiger partial charge in [-0.25, -0.2) is 0 Å². The number of nitrogens with zero attached hydrogens (tertiary/aromatic N) is 2. The maximum absolute atomic E-state index is 12.5. The molecular formula is C19H25N5O2. The average Bonchev–Trinajstić information content (AvgIpc) is 3.38. The average molecular weight is 355 g/mol. The van der Waals surface area contributed by atoms with Gasteiger partial charge in [-0.15, -0.1) is 0 Å². The van der Waals surface area contributed by atoms with Crippen LogP contribution in [-0.2, 0) is 11.8 Å². The number of aryl methyl sites for hydroxylation is 2. The highest BCUT2D eigenvalue weighted by Gasteiger charge is 2.24. The molecule has 3 N–H and O–H groups in total. The molecule has 0 aliphatic heterocycles. The Labute approximate surface area is 153 Å². The monoisotopic (exact) mass is 355 g/mol. The van der Waals surface area contributed by atoms with E-state index in [1.807, 2.05) is 33.0 Å². The molecule has 26 heavy (non-hydrogen) atoms. The molecule has 1 heterocycles. The van der Waals surface area contributed by atoms with Gasteiger partial charge in [-0.2, -0.15) is 5.10 Å². The topological polar surface area (TPSA) is 88.1 Å². The Balaban J connectivity index is 1.64. The Morgan fingerprint density at radius 2 is 2.00 bits per heavy atom. The molecule has 1 atom stereocenters. The molecule has 3 rings (SSSR count). The van der Waals surface area contributed by atoms with E-state index in [1.54, 1.807) is 23.7 Å². The Bertz CT molecular complexity index is 838. The van der Waals surface area contributed by atoms with Gasteiger partial charge in [0.1, 0.15) is 6.04 Å². The van der Waals surface area contributed by atoms with Gasteiger partial charge in [0.25, 0.3) is 5.91 Å². The fourth-order valence-electron chi connectivity index (χ4n) is 2.75. The lowest BCUT2D eigenvalue weighted by molar-refractivity contribution is -0.116. The summed E-state index contributed by atoms with van der Waals surface area (Å²) < 4.78 is 1.74. The van der Waals surface area contributed by atoms with E-state index in [-0.39, 0.29) is 11.8 Å². The molecule has 1 aromatic carbocycles. The zero-order valence-corrected chi connectivity index (χ0v) is 15.6. The van der Waals surface area contributed by atoms with Crippen molar-refractivity contribution in [3.05, 3.63) is 41.2 Å². The molecule has 7 nitrogen and oxygen atoms in total. The lowest BCUT2D eigenvalue weighted by Gasteiger charge is -2.16. The molecule has 1 aromatic heterocycles. The minimum atomic E-state index is -0.462. The van der Waals surface area contributed by atoms with Gasteiger partial charge in [0.05, 0.1) is 17.1 Å². The maximum Gasteiger partial charge on any atom is 0.251 e. The van der Waals surface area contributed by atoms with E-state index in [0.717, 1.165) is 35.6 Å². The molecule has 138 valence electrons. The largest absolute Gasteiger partial charge is 0.374 e. The summed E-state index contributed by atoms with van der Waals surface area (Å²) in [5, 5.41) is 13.3. The number of carbonyl (C=O) groups excluding carboxylic acids is 2. The minimum Gasteiger partial charge on any atom is -0.374 e. The van der Waals surface area contributed by atoms with E-state index in [1.165, 1.54) is 0 Å². The number of anilines is 2. The van der Waals surface area contributed by atoms with Gasteiger partial charge in [-0.3, -0.25) is 14.3 Å². The van der Waals surface area contributed by atoms with Crippen molar-refractivity contribution < 1.29 is 9.59 Å². The molecule has 0 spiro atoms. The summed E-state index contributed by atoms with van der Waals surface area (Å²) in [6, 6.07) is 7.05. The van der Waals surface area contributed by atoms with Gasteiger partial charge < -0.3 is 16.0 Å². The normalized spacial score (nSPS) is 14.6. The first-order valence-corrected chi connectivity index (χ1v) is 8.83. The summed E-state index contributed by atoms with van der Waals surface area (Å²) in [6.07, 6.45) is 2.10. The first-order valence-electron chi connectivity index (χ1n) is 8.83. The molecule has 2 aromatic rings. The number of carbonyl (C=O) groups is 2. The predicted molar refractivity (Wildman–Crippen MR) is 101 cm³/mol.